The van der Waals surface area contributed by atoms with E-state index >= 15 is 0 Å². The van der Waals surface area contributed by atoms with Crippen LogP contribution < -0.4 is 0 Å². The fourth-order valence-electron chi connectivity index (χ4n) is 4.73. The van der Waals surface area contributed by atoms with E-state index in [9.17, 15) is 18.0 Å². The second-order valence-electron chi connectivity index (χ2n) is 8.21. The maximum Gasteiger partial charge on any atom is 0.252 e. The number of carbonyl (C=O) groups excluding carboxylic acids is 2. The van der Waals surface area contributed by atoms with Crippen LogP contribution in [0.2, 0.25) is 0 Å². The van der Waals surface area contributed by atoms with Crippen LogP contribution in [0.1, 0.15) is 44.9 Å². The molecule has 0 N–H and O–H groups in total. The first-order valence-electron chi connectivity index (χ1n) is 10.6. The van der Waals surface area contributed by atoms with Gasteiger partial charge in [-0.3, -0.25) is 9.59 Å². The van der Waals surface area contributed by atoms with Crippen LogP contribution in [-0.4, -0.2) is 73.1 Å². The standard InChI is InChI=1S/C20H29N3O4S2/c24-19(23-13-2-1-8-17(23)20(25)21-10-3-4-11-21)16-7-5-12-22(15-16)29(26,27)18-9-6-14-28-18/h6,9,14,16-17H,1-5,7-8,10-13,15H2. The summed E-state index contributed by atoms with van der Waals surface area (Å²) in [6.07, 6.45) is 5.98. The van der Waals surface area contributed by atoms with Gasteiger partial charge in [-0.1, -0.05) is 6.07 Å². The maximum absolute atomic E-state index is 13.4. The van der Waals surface area contributed by atoms with E-state index in [1.165, 1.54) is 15.6 Å². The molecule has 4 rings (SSSR count). The normalized spacial score (nSPS) is 26.6. The highest BCUT2D eigenvalue weighted by Gasteiger charge is 2.40. The van der Waals surface area contributed by atoms with Crippen LogP contribution >= 0.6 is 11.3 Å². The van der Waals surface area contributed by atoms with Gasteiger partial charge in [0.25, 0.3) is 10.0 Å². The molecule has 0 aliphatic carbocycles. The summed E-state index contributed by atoms with van der Waals surface area (Å²) in [6.45, 7) is 2.82. The summed E-state index contributed by atoms with van der Waals surface area (Å²) in [7, 11) is -3.55. The Labute approximate surface area is 176 Å². The van der Waals surface area contributed by atoms with E-state index in [-0.39, 0.29) is 30.3 Å². The van der Waals surface area contributed by atoms with Crippen molar-refractivity contribution < 1.29 is 18.0 Å². The molecule has 1 aromatic heterocycles. The monoisotopic (exact) mass is 439 g/mol. The quantitative estimate of drug-likeness (QED) is 0.720. The van der Waals surface area contributed by atoms with Crippen LogP contribution in [0.25, 0.3) is 0 Å². The number of sulfonamides is 1. The molecular weight excluding hydrogens is 410 g/mol. The molecule has 3 aliphatic rings. The first kappa shape index (κ1) is 20.8. The lowest BCUT2D eigenvalue weighted by Crippen LogP contribution is -2.55. The van der Waals surface area contributed by atoms with Gasteiger partial charge in [0.15, 0.2) is 0 Å². The van der Waals surface area contributed by atoms with Gasteiger partial charge >= 0.3 is 0 Å². The molecule has 0 aromatic carbocycles. The van der Waals surface area contributed by atoms with Gasteiger partial charge in [-0.05, 0) is 56.4 Å². The Morgan fingerprint density at radius 1 is 0.931 bits per heavy atom. The number of amides is 2. The highest BCUT2D eigenvalue weighted by molar-refractivity contribution is 7.91. The number of likely N-dealkylation sites (tertiary alicyclic amines) is 2. The highest BCUT2D eigenvalue weighted by Crippen LogP contribution is 2.29. The van der Waals surface area contributed by atoms with Crippen molar-refractivity contribution in [1.29, 1.82) is 0 Å². The SMILES string of the molecule is O=C(C1CCCCN1C(=O)C1CCCN(S(=O)(=O)c2cccs2)C1)N1CCCC1. The van der Waals surface area contributed by atoms with Gasteiger partial charge in [0.2, 0.25) is 11.8 Å². The van der Waals surface area contributed by atoms with Crippen molar-refractivity contribution in [2.24, 2.45) is 5.92 Å². The lowest BCUT2D eigenvalue weighted by atomic mass is 9.94. The maximum atomic E-state index is 13.4. The molecule has 1 aromatic rings. The molecule has 3 fully saturated rings. The van der Waals surface area contributed by atoms with Crippen LogP contribution in [0, 0.1) is 5.92 Å². The van der Waals surface area contributed by atoms with Crippen molar-refractivity contribution in [1.82, 2.24) is 14.1 Å². The molecule has 2 unspecified atom stereocenters. The molecule has 9 heteroatoms. The Hall–Kier alpha value is -1.45. The van der Waals surface area contributed by atoms with Crippen LogP contribution in [-0.2, 0) is 19.6 Å². The second kappa shape index (κ2) is 8.73. The zero-order valence-electron chi connectivity index (χ0n) is 16.7. The summed E-state index contributed by atoms with van der Waals surface area (Å²) in [4.78, 5) is 30.0. The lowest BCUT2D eigenvalue weighted by Gasteiger charge is -2.40. The average molecular weight is 440 g/mol. The highest BCUT2D eigenvalue weighted by atomic mass is 32.2. The minimum absolute atomic E-state index is 0.0478. The molecule has 2 amide bonds. The van der Waals surface area contributed by atoms with E-state index in [0.717, 1.165) is 38.8 Å². The molecule has 29 heavy (non-hydrogen) atoms. The van der Waals surface area contributed by atoms with E-state index in [2.05, 4.69) is 0 Å². The number of nitrogens with zero attached hydrogens (tertiary/aromatic N) is 3. The van der Waals surface area contributed by atoms with Gasteiger partial charge in [-0.2, -0.15) is 4.31 Å². The predicted molar refractivity (Wildman–Crippen MR) is 111 cm³/mol. The van der Waals surface area contributed by atoms with Crippen molar-refractivity contribution in [3.05, 3.63) is 17.5 Å². The number of thiophene rings is 1. The summed E-state index contributed by atoms with van der Waals surface area (Å²) in [5.41, 5.74) is 0. The van der Waals surface area contributed by atoms with Crippen molar-refractivity contribution in [3.63, 3.8) is 0 Å². The van der Waals surface area contributed by atoms with Gasteiger partial charge in [0, 0.05) is 32.7 Å². The Balaban J connectivity index is 1.48. The van der Waals surface area contributed by atoms with Crippen LogP contribution in [0.5, 0.6) is 0 Å². The van der Waals surface area contributed by atoms with Gasteiger partial charge in [-0.15, -0.1) is 11.3 Å². The Morgan fingerprint density at radius 3 is 2.41 bits per heavy atom. The first-order chi connectivity index (χ1) is 14.0. The van der Waals surface area contributed by atoms with Crippen molar-refractivity contribution >= 4 is 33.2 Å². The number of carbonyl (C=O) groups is 2. The second-order valence-corrected chi connectivity index (χ2v) is 11.3. The molecule has 0 radical (unpaired) electrons. The fraction of sp³-hybridized carbons (Fsp3) is 0.700. The summed E-state index contributed by atoms with van der Waals surface area (Å²) in [5.74, 6) is -0.340. The zero-order valence-corrected chi connectivity index (χ0v) is 18.3. The Morgan fingerprint density at radius 2 is 1.69 bits per heavy atom. The van der Waals surface area contributed by atoms with Gasteiger partial charge in [-0.25, -0.2) is 8.42 Å². The van der Waals surface area contributed by atoms with Crippen molar-refractivity contribution in [2.75, 3.05) is 32.7 Å². The first-order valence-corrected chi connectivity index (χ1v) is 12.9. The van der Waals surface area contributed by atoms with Crippen LogP contribution in [0.3, 0.4) is 0 Å². The molecule has 7 nitrogen and oxygen atoms in total. The third kappa shape index (κ3) is 4.22. The molecular formula is C20H29N3O4S2. The van der Waals surface area contributed by atoms with Crippen molar-refractivity contribution in [2.45, 2.75) is 55.2 Å². The minimum Gasteiger partial charge on any atom is -0.341 e. The zero-order chi connectivity index (χ0) is 20.4. The topological polar surface area (TPSA) is 78.0 Å². The van der Waals surface area contributed by atoms with Crippen molar-refractivity contribution in [3.8, 4) is 0 Å². The number of rotatable bonds is 4. The summed E-state index contributed by atoms with van der Waals surface area (Å²) in [5, 5.41) is 1.75. The molecule has 2 atom stereocenters. The Bertz CT molecular complexity index is 834. The van der Waals surface area contributed by atoms with Gasteiger partial charge < -0.3 is 9.80 Å². The molecule has 4 heterocycles. The number of hydrogen-bond acceptors (Lipinski definition) is 5. The summed E-state index contributed by atoms with van der Waals surface area (Å²) >= 11 is 1.20. The smallest absolute Gasteiger partial charge is 0.252 e. The summed E-state index contributed by atoms with van der Waals surface area (Å²) in [6, 6.07) is 2.96. The lowest BCUT2D eigenvalue weighted by molar-refractivity contribution is -0.150. The molecule has 160 valence electrons. The molecule has 0 spiro atoms. The summed E-state index contributed by atoms with van der Waals surface area (Å²) < 4.78 is 27.6. The van der Waals surface area contributed by atoms with Crippen LogP contribution in [0.4, 0.5) is 0 Å². The van der Waals surface area contributed by atoms with E-state index in [4.69, 9.17) is 0 Å². The van der Waals surface area contributed by atoms with E-state index in [0.29, 0.717) is 36.6 Å². The van der Waals surface area contributed by atoms with Gasteiger partial charge in [0.1, 0.15) is 10.3 Å². The van der Waals surface area contributed by atoms with Crippen LogP contribution in [0.15, 0.2) is 21.7 Å². The van der Waals surface area contributed by atoms with Gasteiger partial charge in [0.05, 0.1) is 5.92 Å². The molecule has 0 bridgehead atoms. The molecule has 3 aliphatic heterocycles. The van der Waals surface area contributed by atoms with E-state index in [1.54, 1.807) is 22.4 Å². The third-order valence-corrected chi connectivity index (χ3v) is 9.55. The Kier molecular flexibility index (Phi) is 6.27. The number of piperidine rings is 2. The minimum atomic E-state index is -3.55. The number of hydrogen-bond donors (Lipinski definition) is 0. The molecule has 3 saturated heterocycles. The fourth-order valence-corrected chi connectivity index (χ4v) is 7.40. The predicted octanol–water partition coefficient (Wildman–Crippen LogP) is 2.15. The largest absolute Gasteiger partial charge is 0.341 e. The van der Waals surface area contributed by atoms with E-state index < -0.39 is 10.0 Å². The average Bonchev–Trinajstić information content (AvgIpc) is 3.47. The van der Waals surface area contributed by atoms with E-state index in [1.807, 2.05) is 4.90 Å². The third-order valence-electron chi connectivity index (χ3n) is 6.31. The molecule has 0 saturated carbocycles.